The molecule has 0 aliphatic carbocycles. The van der Waals surface area contributed by atoms with Gasteiger partial charge in [0.2, 0.25) is 0 Å². The van der Waals surface area contributed by atoms with Gasteiger partial charge >= 0.3 is 0 Å². The van der Waals surface area contributed by atoms with Gasteiger partial charge in [-0.2, -0.15) is 0 Å². The number of nitrogens with one attached hydrogen (secondary N) is 1. The van der Waals surface area contributed by atoms with Crippen LogP contribution in [0.3, 0.4) is 0 Å². The maximum Gasteiger partial charge on any atom is 0.277 e. The van der Waals surface area contributed by atoms with Gasteiger partial charge in [-0.15, -0.1) is 11.3 Å². The summed E-state index contributed by atoms with van der Waals surface area (Å²) in [5.74, 6) is 0.419. The SMILES string of the molecule is COc1cccc(-c2csc(NC(=O)c3cnc4ccccc4n3)n2)c1. The standard InChI is InChI=1S/C19H14N4O2S/c1-25-13-6-4-5-12(9-13)17-11-26-19(22-17)23-18(24)16-10-20-14-7-2-3-8-15(14)21-16/h2-11H,1H3,(H,22,23,24). The van der Waals surface area contributed by atoms with Crippen LogP contribution in [0.4, 0.5) is 5.13 Å². The second kappa shape index (κ2) is 6.89. The number of rotatable bonds is 4. The van der Waals surface area contributed by atoms with Crippen LogP contribution in [0.25, 0.3) is 22.3 Å². The Kier molecular flexibility index (Phi) is 4.28. The summed E-state index contributed by atoms with van der Waals surface area (Å²) in [5.41, 5.74) is 3.37. The topological polar surface area (TPSA) is 77.0 Å². The van der Waals surface area contributed by atoms with Crippen LogP contribution in [0, 0.1) is 0 Å². The average Bonchev–Trinajstić information content (AvgIpc) is 3.16. The second-order valence-electron chi connectivity index (χ2n) is 5.47. The van der Waals surface area contributed by atoms with Crippen LogP contribution < -0.4 is 10.1 Å². The van der Waals surface area contributed by atoms with E-state index in [2.05, 4.69) is 20.3 Å². The molecule has 26 heavy (non-hydrogen) atoms. The fraction of sp³-hybridized carbons (Fsp3) is 0.0526. The molecule has 0 radical (unpaired) electrons. The number of carbonyl (C=O) groups excluding carboxylic acids is 1. The molecular formula is C19H14N4O2S. The number of para-hydroxylation sites is 2. The molecule has 7 heteroatoms. The molecular weight excluding hydrogens is 348 g/mol. The Balaban J connectivity index is 1.55. The second-order valence-corrected chi connectivity index (χ2v) is 6.33. The summed E-state index contributed by atoms with van der Waals surface area (Å²) in [6.07, 6.45) is 1.47. The highest BCUT2D eigenvalue weighted by molar-refractivity contribution is 7.14. The van der Waals surface area contributed by atoms with E-state index in [0.29, 0.717) is 10.6 Å². The van der Waals surface area contributed by atoms with Crippen LogP contribution in [-0.2, 0) is 0 Å². The predicted octanol–water partition coefficient (Wildman–Crippen LogP) is 4.01. The third kappa shape index (κ3) is 3.25. The van der Waals surface area contributed by atoms with Crippen molar-refractivity contribution in [2.24, 2.45) is 0 Å². The Labute approximate surface area is 153 Å². The number of carbonyl (C=O) groups is 1. The molecule has 1 N–H and O–H groups in total. The Hall–Kier alpha value is -3.32. The summed E-state index contributed by atoms with van der Waals surface area (Å²) in [7, 11) is 1.62. The van der Waals surface area contributed by atoms with Crippen molar-refractivity contribution in [3.63, 3.8) is 0 Å². The maximum atomic E-state index is 12.4. The zero-order valence-corrected chi connectivity index (χ0v) is 14.7. The molecule has 6 nitrogen and oxygen atoms in total. The van der Waals surface area contributed by atoms with Gasteiger partial charge in [-0.1, -0.05) is 24.3 Å². The van der Waals surface area contributed by atoms with E-state index in [4.69, 9.17) is 4.74 Å². The van der Waals surface area contributed by atoms with Crippen molar-refractivity contribution in [2.45, 2.75) is 0 Å². The number of hydrogen-bond acceptors (Lipinski definition) is 6. The number of thiazole rings is 1. The van der Waals surface area contributed by atoms with Gasteiger partial charge in [0.25, 0.3) is 5.91 Å². The molecule has 0 atom stereocenters. The molecule has 4 rings (SSSR count). The van der Waals surface area contributed by atoms with Crippen LogP contribution in [0.5, 0.6) is 5.75 Å². The minimum atomic E-state index is -0.338. The molecule has 0 unspecified atom stereocenters. The lowest BCUT2D eigenvalue weighted by Crippen LogP contribution is -2.14. The predicted molar refractivity (Wildman–Crippen MR) is 102 cm³/mol. The van der Waals surface area contributed by atoms with Gasteiger partial charge < -0.3 is 4.74 Å². The maximum absolute atomic E-state index is 12.4. The van der Waals surface area contributed by atoms with Gasteiger partial charge in [0, 0.05) is 10.9 Å². The Morgan fingerprint density at radius 2 is 1.92 bits per heavy atom. The normalized spacial score (nSPS) is 10.7. The van der Waals surface area contributed by atoms with E-state index in [-0.39, 0.29) is 11.6 Å². The van der Waals surface area contributed by atoms with Gasteiger partial charge in [-0.25, -0.2) is 9.97 Å². The lowest BCUT2D eigenvalue weighted by Gasteiger charge is -2.03. The van der Waals surface area contributed by atoms with Gasteiger partial charge in [-0.05, 0) is 24.3 Å². The molecule has 1 amide bonds. The number of hydrogen-bond donors (Lipinski definition) is 1. The van der Waals surface area contributed by atoms with Crippen molar-refractivity contribution in [3.05, 3.63) is 65.8 Å². The Morgan fingerprint density at radius 3 is 2.77 bits per heavy atom. The quantitative estimate of drug-likeness (QED) is 0.593. The first-order valence-electron chi connectivity index (χ1n) is 7.86. The molecule has 2 aromatic heterocycles. The van der Waals surface area contributed by atoms with Gasteiger partial charge in [-0.3, -0.25) is 15.1 Å². The van der Waals surface area contributed by atoms with Gasteiger partial charge in [0.05, 0.1) is 30.0 Å². The molecule has 4 aromatic rings. The van der Waals surface area contributed by atoms with E-state index in [1.165, 1.54) is 17.5 Å². The van der Waals surface area contributed by atoms with Crippen LogP contribution in [0.1, 0.15) is 10.5 Å². The Morgan fingerprint density at radius 1 is 1.08 bits per heavy atom. The van der Waals surface area contributed by atoms with Gasteiger partial charge in [0.1, 0.15) is 11.4 Å². The lowest BCUT2D eigenvalue weighted by molar-refractivity contribution is 0.102. The minimum Gasteiger partial charge on any atom is -0.497 e. The lowest BCUT2D eigenvalue weighted by atomic mass is 10.2. The summed E-state index contributed by atoms with van der Waals surface area (Å²) in [6, 6.07) is 15.0. The smallest absolute Gasteiger partial charge is 0.277 e. The summed E-state index contributed by atoms with van der Waals surface area (Å²) in [4.78, 5) is 25.5. The summed E-state index contributed by atoms with van der Waals surface area (Å²) in [6.45, 7) is 0. The molecule has 0 saturated carbocycles. The zero-order valence-electron chi connectivity index (χ0n) is 13.8. The Bertz CT molecular complexity index is 1090. The molecule has 0 aliphatic rings. The number of ether oxygens (including phenoxy) is 1. The number of fused-ring (bicyclic) bond motifs is 1. The molecule has 0 spiro atoms. The van der Waals surface area contributed by atoms with Crippen molar-refractivity contribution < 1.29 is 9.53 Å². The van der Waals surface area contributed by atoms with E-state index >= 15 is 0 Å². The number of nitrogens with zero attached hydrogens (tertiary/aromatic N) is 3. The van der Waals surface area contributed by atoms with Crippen molar-refractivity contribution in [1.29, 1.82) is 0 Å². The largest absolute Gasteiger partial charge is 0.497 e. The van der Waals surface area contributed by atoms with E-state index < -0.39 is 0 Å². The molecule has 0 fully saturated rings. The third-order valence-corrected chi connectivity index (χ3v) is 4.53. The van der Waals surface area contributed by atoms with Crippen LogP contribution in [0.2, 0.25) is 0 Å². The monoisotopic (exact) mass is 362 g/mol. The van der Waals surface area contributed by atoms with Crippen LogP contribution in [0.15, 0.2) is 60.1 Å². The molecule has 0 saturated heterocycles. The van der Waals surface area contributed by atoms with E-state index in [1.807, 2.05) is 53.9 Å². The third-order valence-electron chi connectivity index (χ3n) is 3.77. The fourth-order valence-electron chi connectivity index (χ4n) is 2.47. The van der Waals surface area contributed by atoms with Crippen molar-refractivity contribution in [1.82, 2.24) is 15.0 Å². The molecule has 2 heterocycles. The summed E-state index contributed by atoms with van der Waals surface area (Å²) < 4.78 is 5.23. The highest BCUT2D eigenvalue weighted by Gasteiger charge is 2.12. The number of anilines is 1. The van der Waals surface area contributed by atoms with Crippen molar-refractivity contribution in [3.8, 4) is 17.0 Å². The molecule has 128 valence electrons. The highest BCUT2D eigenvalue weighted by Crippen LogP contribution is 2.27. The van der Waals surface area contributed by atoms with Crippen molar-refractivity contribution >= 4 is 33.4 Å². The molecule has 0 bridgehead atoms. The van der Waals surface area contributed by atoms with E-state index in [0.717, 1.165) is 22.5 Å². The van der Waals surface area contributed by atoms with Crippen LogP contribution in [-0.4, -0.2) is 28.0 Å². The first-order chi connectivity index (χ1) is 12.7. The van der Waals surface area contributed by atoms with Crippen molar-refractivity contribution in [2.75, 3.05) is 12.4 Å². The number of amides is 1. The van der Waals surface area contributed by atoms with E-state index in [1.54, 1.807) is 7.11 Å². The number of benzene rings is 2. The molecule has 2 aromatic carbocycles. The van der Waals surface area contributed by atoms with Gasteiger partial charge in [0.15, 0.2) is 5.13 Å². The first-order valence-corrected chi connectivity index (χ1v) is 8.74. The number of aromatic nitrogens is 3. The highest BCUT2D eigenvalue weighted by atomic mass is 32.1. The molecule has 0 aliphatic heterocycles. The first kappa shape index (κ1) is 16.2. The fourth-order valence-corrected chi connectivity index (χ4v) is 3.19. The number of methoxy groups -OCH3 is 1. The minimum absolute atomic E-state index is 0.252. The summed E-state index contributed by atoms with van der Waals surface area (Å²) >= 11 is 1.35. The average molecular weight is 362 g/mol. The van der Waals surface area contributed by atoms with E-state index in [9.17, 15) is 4.79 Å². The zero-order chi connectivity index (χ0) is 17.9. The summed E-state index contributed by atoms with van der Waals surface area (Å²) in [5, 5.41) is 5.16. The van der Waals surface area contributed by atoms with Crippen LogP contribution >= 0.6 is 11.3 Å².